The van der Waals surface area contributed by atoms with Gasteiger partial charge < -0.3 is 24.9 Å². The van der Waals surface area contributed by atoms with Crippen LogP contribution in [-0.4, -0.2) is 23.2 Å². The second kappa shape index (κ2) is 9.54. The Labute approximate surface area is 192 Å². The molecular weight excluding hydrogens is 424 g/mol. The lowest BCUT2D eigenvalue weighted by molar-refractivity contribution is -0.125. The van der Waals surface area contributed by atoms with Crippen LogP contribution in [0.15, 0.2) is 65.1 Å². The first-order valence-electron chi connectivity index (χ1n) is 10.6. The average Bonchev–Trinajstić information content (AvgIpc) is 3.50. The molecule has 1 heterocycles. The van der Waals surface area contributed by atoms with Gasteiger partial charge in [-0.25, -0.2) is 0 Å². The Hall–Kier alpha value is -3.16. The molecule has 0 bridgehead atoms. The van der Waals surface area contributed by atoms with Crippen LogP contribution in [0.1, 0.15) is 37.0 Å². The Kier molecular flexibility index (Phi) is 6.58. The minimum atomic E-state index is -0.562. The molecule has 0 unspecified atom stereocenters. The fraction of sp³-hybridized carbons (Fsp3) is 0.280. The monoisotopic (exact) mass is 450 g/mol. The molecule has 0 radical (unpaired) electrons. The second-order valence-electron chi connectivity index (χ2n) is 7.90. The number of ether oxygens (including phenoxy) is 1. The SMILES string of the molecule is COc1ccc(-c2ccc(CO)o2)cc1NC(=S)NC(=O)C1(c2ccccc2)CCCC1. The molecule has 7 heteroatoms. The summed E-state index contributed by atoms with van der Waals surface area (Å²) in [7, 11) is 1.57. The van der Waals surface area contributed by atoms with Gasteiger partial charge in [-0.15, -0.1) is 0 Å². The molecule has 1 amide bonds. The Morgan fingerprint density at radius 1 is 1.12 bits per heavy atom. The smallest absolute Gasteiger partial charge is 0.236 e. The zero-order valence-corrected chi connectivity index (χ0v) is 18.7. The molecular formula is C25H26N2O4S. The molecule has 1 aromatic heterocycles. The molecule has 0 atom stereocenters. The van der Waals surface area contributed by atoms with E-state index in [1.165, 1.54) is 0 Å². The summed E-state index contributed by atoms with van der Waals surface area (Å²) in [5.41, 5.74) is 1.86. The van der Waals surface area contributed by atoms with E-state index in [0.717, 1.165) is 36.8 Å². The van der Waals surface area contributed by atoms with Crippen LogP contribution in [0.4, 0.5) is 5.69 Å². The number of furan rings is 1. The number of carbonyl (C=O) groups excluding carboxylic acids is 1. The predicted octanol–water partition coefficient (Wildman–Crippen LogP) is 4.77. The van der Waals surface area contributed by atoms with Gasteiger partial charge in [0, 0.05) is 5.56 Å². The standard InChI is InChI=1S/C25H26N2O4S/c1-30-22-11-9-17(21-12-10-19(16-28)31-21)15-20(22)26-24(32)27-23(29)25(13-5-6-14-25)18-7-3-2-4-8-18/h2-4,7-12,15,28H,5-6,13-14,16H2,1H3,(H2,26,27,29,32). The number of aliphatic hydroxyl groups is 1. The third-order valence-electron chi connectivity index (χ3n) is 5.99. The number of amides is 1. The third-order valence-corrected chi connectivity index (χ3v) is 6.20. The fourth-order valence-electron chi connectivity index (χ4n) is 4.34. The molecule has 32 heavy (non-hydrogen) atoms. The van der Waals surface area contributed by atoms with Crippen LogP contribution in [0.5, 0.6) is 5.75 Å². The quantitative estimate of drug-likeness (QED) is 0.469. The van der Waals surface area contributed by atoms with Crippen LogP contribution in [0.3, 0.4) is 0 Å². The van der Waals surface area contributed by atoms with Gasteiger partial charge in [-0.3, -0.25) is 4.79 Å². The molecule has 2 aromatic carbocycles. The molecule has 0 spiro atoms. The first kappa shape index (κ1) is 22.0. The van der Waals surface area contributed by atoms with Crippen molar-refractivity contribution in [2.24, 2.45) is 0 Å². The Morgan fingerprint density at radius 3 is 2.53 bits per heavy atom. The summed E-state index contributed by atoms with van der Waals surface area (Å²) >= 11 is 5.48. The van der Waals surface area contributed by atoms with Gasteiger partial charge in [-0.05, 0) is 61.0 Å². The van der Waals surface area contributed by atoms with Gasteiger partial charge in [0.1, 0.15) is 23.9 Å². The molecule has 166 valence electrons. The lowest BCUT2D eigenvalue weighted by atomic mass is 9.78. The van der Waals surface area contributed by atoms with E-state index in [4.69, 9.17) is 21.4 Å². The van der Waals surface area contributed by atoms with E-state index in [9.17, 15) is 9.90 Å². The minimum Gasteiger partial charge on any atom is -0.495 e. The number of rotatable bonds is 6. The van der Waals surface area contributed by atoms with Crippen molar-refractivity contribution in [3.63, 3.8) is 0 Å². The number of carbonyl (C=O) groups is 1. The lowest BCUT2D eigenvalue weighted by Crippen LogP contribution is -2.46. The van der Waals surface area contributed by atoms with Crippen LogP contribution in [0.2, 0.25) is 0 Å². The first-order chi connectivity index (χ1) is 15.6. The summed E-state index contributed by atoms with van der Waals surface area (Å²) in [5, 5.41) is 15.5. The number of benzene rings is 2. The van der Waals surface area contributed by atoms with E-state index in [2.05, 4.69) is 10.6 Å². The van der Waals surface area contributed by atoms with Crippen LogP contribution in [0, 0.1) is 0 Å². The van der Waals surface area contributed by atoms with Crippen molar-refractivity contribution in [3.05, 3.63) is 72.0 Å². The number of thiocarbonyl (C=S) groups is 1. The van der Waals surface area contributed by atoms with Crippen LogP contribution in [0.25, 0.3) is 11.3 Å². The van der Waals surface area contributed by atoms with E-state index >= 15 is 0 Å². The summed E-state index contributed by atoms with van der Waals surface area (Å²) in [6.07, 6.45) is 3.63. The molecule has 3 N–H and O–H groups in total. The topological polar surface area (TPSA) is 83.7 Å². The van der Waals surface area contributed by atoms with Crippen LogP contribution < -0.4 is 15.4 Å². The van der Waals surface area contributed by atoms with Crippen LogP contribution in [-0.2, 0) is 16.8 Å². The highest BCUT2D eigenvalue weighted by Gasteiger charge is 2.42. The van der Waals surface area contributed by atoms with Gasteiger partial charge in [-0.1, -0.05) is 43.2 Å². The van der Waals surface area contributed by atoms with Gasteiger partial charge in [-0.2, -0.15) is 0 Å². The van der Waals surface area contributed by atoms with E-state index in [0.29, 0.717) is 23.0 Å². The molecule has 6 nitrogen and oxygen atoms in total. The van der Waals surface area contributed by atoms with Crippen molar-refractivity contribution >= 4 is 28.9 Å². The summed E-state index contributed by atoms with van der Waals surface area (Å²) in [6.45, 7) is -0.166. The van der Waals surface area contributed by atoms with Gasteiger partial charge in [0.15, 0.2) is 5.11 Å². The maximum Gasteiger partial charge on any atom is 0.236 e. The minimum absolute atomic E-state index is 0.0903. The lowest BCUT2D eigenvalue weighted by Gasteiger charge is -2.28. The van der Waals surface area contributed by atoms with Crippen molar-refractivity contribution in [1.29, 1.82) is 0 Å². The van der Waals surface area contributed by atoms with Gasteiger partial charge in [0.25, 0.3) is 0 Å². The molecule has 1 aliphatic carbocycles. The molecule has 1 aliphatic rings. The van der Waals surface area contributed by atoms with Gasteiger partial charge in [0.2, 0.25) is 5.91 Å². The van der Waals surface area contributed by atoms with Crippen LogP contribution >= 0.6 is 12.2 Å². The predicted molar refractivity (Wildman–Crippen MR) is 128 cm³/mol. The number of nitrogens with one attached hydrogen (secondary N) is 2. The average molecular weight is 451 g/mol. The largest absolute Gasteiger partial charge is 0.495 e. The molecule has 0 aliphatic heterocycles. The van der Waals surface area contributed by atoms with Gasteiger partial charge >= 0.3 is 0 Å². The number of hydrogen-bond donors (Lipinski definition) is 3. The van der Waals surface area contributed by atoms with Gasteiger partial charge in [0.05, 0.1) is 18.2 Å². The highest BCUT2D eigenvalue weighted by molar-refractivity contribution is 7.80. The van der Waals surface area contributed by atoms with E-state index in [1.807, 2.05) is 42.5 Å². The number of hydrogen-bond acceptors (Lipinski definition) is 5. The molecule has 3 aromatic rings. The molecule has 0 saturated heterocycles. The van der Waals surface area contributed by atoms with Crippen molar-refractivity contribution in [1.82, 2.24) is 5.32 Å². The van der Waals surface area contributed by atoms with Crippen molar-refractivity contribution in [3.8, 4) is 17.1 Å². The number of anilines is 1. The first-order valence-corrected chi connectivity index (χ1v) is 11.0. The zero-order valence-electron chi connectivity index (χ0n) is 17.9. The molecule has 1 saturated carbocycles. The fourth-order valence-corrected chi connectivity index (χ4v) is 4.54. The van der Waals surface area contributed by atoms with Crippen molar-refractivity contribution in [2.75, 3.05) is 12.4 Å². The maximum atomic E-state index is 13.3. The van der Waals surface area contributed by atoms with Crippen molar-refractivity contribution in [2.45, 2.75) is 37.7 Å². The van der Waals surface area contributed by atoms with Crippen molar-refractivity contribution < 1.29 is 19.1 Å². The normalized spacial score (nSPS) is 14.7. The number of aliphatic hydroxyl groups excluding tert-OH is 1. The van der Waals surface area contributed by atoms with E-state index in [1.54, 1.807) is 25.3 Å². The maximum absolute atomic E-state index is 13.3. The van der Waals surface area contributed by atoms with E-state index in [-0.39, 0.29) is 17.6 Å². The third kappa shape index (κ3) is 4.40. The molecule has 1 fully saturated rings. The Bertz CT molecular complexity index is 1100. The summed E-state index contributed by atoms with van der Waals surface area (Å²) < 4.78 is 11.1. The number of methoxy groups -OCH3 is 1. The van der Waals surface area contributed by atoms with E-state index < -0.39 is 5.41 Å². The summed E-state index contributed by atoms with van der Waals surface area (Å²) in [4.78, 5) is 13.3. The summed E-state index contributed by atoms with van der Waals surface area (Å²) in [5.74, 6) is 1.59. The summed E-state index contributed by atoms with van der Waals surface area (Å²) in [6, 6.07) is 18.9. The highest BCUT2D eigenvalue weighted by atomic mass is 32.1. The Morgan fingerprint density at radius 2 is 1.88 bits per heavy atom. The second-order valence-corrected chi connectivity index (χ2v) is 8.31. The Balaban J connectivity index is 1.53. The highest BCUT2D eigenvalue weighted by Crippen LogP contribution is 2.41. The zero-order chi connectivity index (χ0) is 22.6. The molecule has 4 rings (SSSR count).